The molecule has 0 heterocycles. The number of carbonyl (C=O) groups excluding carboxylic acids is 1. The third kappa shape index (κ3) is 17.9. The van der Waals surface area contributed by atoms with E-state index < -0.39 is 11.6 Å². The Labute approximate surface area is 187 Å². The van der Waals surface area contributed by atoms with E-state index in [1.807, 2.05) is 6.08 Å². The summed E-state index contributed by atoms with van der Waals surface area (Å²) in [5.41, 5.74) is -0.774. The lowest BCUT2D eigenvalue weighted by atomic mass is 9.96. The number of carboxylic acids is 1. The van der Waals surface area contributed by atoms with Crippen LogP contribution in [0.3, 0.4) is 0 Å². The number of hydrogen-bond donors (Lipinski definition) is 0. The Morgan fingerprint density at radius 3 is 1.83 bits per heavy atom. The number of carbonyl (C=O) groups is 1. The van der Waals surface area contributed by atoms with Crippen molar-refractivity contribution in [1.29, 1.82) is 0 Å². The number of hydrogen-bond acceptors (Lipinski definition) is 3. The van der Waals surface area contributed by atoms with Crippen LogP contribution in [0.2, 0.25) is 0 Å². The molecular formula is C26H51NO3. The second-order valence-corrected chi connectivity index (χ2v) is 9.99. The number of likely N-dealkylation sites (N-methyl/N-ethyl adjacent to an activating group) is 1. The van der Waals surface area contributed by atoms with Crippen molar-refractivity contribution in [2.75, 3.05) is 34.3 Å². The van der Waals surface area contributed by atoms with Crippen LogP contribution in [0.5, 0.6) is 0 Å². The zero-order chi connectivity index (χ0) is 22.7. The van der Waals surface area contributed by atoms with E-state index in [1.165, 1.54) is 57.8 Å². The molecule has 1 unspecified atom stereocenters. The van der Waals surface area contributed by atoms with Gasteiger partial charge in [0.05, 0.1) is 21.1 Å². The van der Waals surface area contributed by atoms with Crippen molar-refractivity contribution in [3.8, 4) is 0 Å². The zero-order valence-corrected chi connectivity index (χ0v) is 20.8. The Morgan fingerprint density at radius 2 is 1.33 bits per heavy atom. The predicted octanol–water partition coefficient (Wildman–Crippen LogP) is 5.65. The van der Waals surface area contributed by atoms with Crippen LogP contribution in [0.4, 0.5) is 0 Å². The minimum Gasteiger partial charge on any atom is -0.550 e. The second-order valence-electron chi connectivity index (χ2n) is 9.99. The summed E-state index contributed by atoms with van der Waals surface area (Å²) in [6.07, 6.45) is 21.5. The monoisotopic (exact) mass is 425 g/mol. The van der Waals surface area contributed by atoms with Crippen LogP contribution in [0.25, 0.3) is 0 Å². The number of unbranched alkanes of at least 4 members (excludes halogenated alkanes) is 12. The van der Waals surface area contributed by atoms with Crippen LogP contribution in [0.15, 0.2) is 12.2 Å². The molecule has 0 aliphatic rings. The average molecular weight is 426 g/mol. The largest absolute Gasteiger partial charge is 0.550 e. The smallest absolute Gasteiger partial charge is 0.140 e. The highest BCUT2D eigenvalue weighted by atomic mass is 16.5. The van der Waals surface area contributed by atoms with Gasteiger partial charge in [0.25, 0.3) is 0 Å². The van der Waals surface area contributed by atoms with Gasteiger partial charge in [0.2, 0.25) is 0 Å². The summed E-state index contributed by atoms with van der Waals surface area (Å²) in [4.78, 5) is 11.5. The highest BCUT2D eigenvalue weighted by Crippen LogP contribution is 2.23. The molecule has 0 aromatic rings. The van der Waals surface area contributed by atoms with E-state index in [2.05, 4.69) is 41.1 Å². The molecule has 0 rings (SSSR count). The van der Waals surface area contributed by atoms with E-state index in [9.17, 15) is 9.90 Å². The van der Waals surface area contributed by atoms with Crippen LogP contribution in [-0.2, 0) is 9.53 Å². The molecule has 1 atom stereocenters. The Balaban J connectivity index is 4.44. The molecular weight excluding hydrogens is 374 g/mol. The van der Waals surface area contributed by atoms with Gasteiger partial charge in [-0.05, 0) is 19.3 Å². The lowest BCUT2D eigenvalue weighted by Gasteiger charge is -2.38. The van der Waals surface area contributed by atoms with Crippen molar-refractivity contribution in [1.82, 2.24) is 0 Å². The molecule has 0 aromatic heterocycles. The van der Waals surface area contributed by atoms with Gasteiger partial charge < -0.3 is 19.1 Å². The molecule has 0 saturated heterocycles. The van der Waals surface area contributed by atoms with Crippen LogP contribution in [0, 0.1) is 0 Å². The molecule has 30 heavy (non-hydrogen) atoms. The predicted molar refractivity (Wildman–Crippen MR) is 126 cm³/mol. The van der Waals surface area contributed by atoms with Crippen molar-refractivity contribution in [3.05, 3.63) is 12.2 Å². The maximum Gasteiger partial charge on any atom is 0.140 e. The lowest BCUT2D eigenvalue weighted by Crippen LogP contribution is -2.52. The summed E-state index contributed by atoms with van der Waals surface area (Å²) in [7, 11) is 6.24. The normalized spacial score (nSPS) is 14.3. The van der Waals surface area contributed by atoms with Gasteiger partial charge in [-0.25, -0.2) is 0 Å². The van der Waals surface area contributed by atoms with Gasteiger partial charge in [0.1, 0.15) is 12.1 Å². The number of carboxylic acid groups (broad SMARTS) is 1. The zero-order valence-electron chi connectivity index (χ0n) is 20.8. The summed E-state index contributed by atoms with van der Waals surface area (Å²) in [5, 5.41) is 11.5. The fourth-order valence-corrected chi connectivity index (χ4v) is 4.03. The molecule has 0 bridgehead atoms. The Kier molecular flexibility index (Phi) is 17.3. The van der Waals surface area contributed by atoms with Gasteiger partial charge in [-0.3, -0.25) is 0 Å². The third-order valence-electron chi connectivity index (χ3n) is 5.47. The van der Waals surface area contributed by atoms with Gasteiger partial charge >= 0.3 is 0 Å². The van der Waals surface area contributed by atoms with E-state index in [4.69, 9.17) is 4.74 Å². The highest BCUT2D eigenvalue weighted by molar-refractivity contribution is 5.66. The summed E-state index contributed by atoms with van der Waals surface area (Å²) >= 11 is 0. The molecule has 0 aromatic carbocycles. The fourth-order valence-electron chi connectivity index (χ4n) is 4.03. The maximum atomic E-state index is 11.5. The fraction of sp³-hybridized carbons (Fsp3) is 0.885. The molecule has 178 valence electrons. The van der Waals surface area contributed by atoms with Crippen molar-refractivity contribution < 1.29 is 19.1 Å². The van der Waals surface area contributed by atoms with E-state index in [-0.39, 0.29) is 6.42 Å². The molecule has 0 aliphatic heterocycles. The molecule has 0 saturated carbocycles. The average Bonchev–Trinajstić information content (AvgIpc) is 2.64. The summed E-state index contributed by atoms with van der Waals surface area (Å²) in [5.74, 6) is -1.04. The molecule has 0 N–H and O–H groups in total. The molecule has 0 spiro atoms. The number of aliphatic carboxylic acids is 1. The van der Waals surface area contributed by atoms with Crippen LogP contribution in [-0.4, -0.2) is 50.3 Å². The SMILES string of the molecule is CCCCCCCCCCCCC=CC(CC(=O)[O-])(C[N+](C)(C)C)OCCCCC. The molecule has 0 fully saturated rings. The highest BCUT2D eigenvalue weighted by Gasteiger charge is 2.34. The van der Waals surface area contributed by atoms with Crippen molar-refractivity contribution in [2.24, 2.45) is 0 Å². The Morgan fingerprint density at radius 1 is 0.833 bits per heavy atom. The van der Waals surface area contributed by atoms with E-state index in [1.54, 1.807) is 0 Å². The number of nitrogens with zero attached hydrogens (tertiary/aromatic N) is 1. The Bertz CT molecular complexity index is 442. The van der Waals surface area contributed by atoms with E-state index >= 15 is 0 Å². The summed E-state index contributed by atoms with van der Waals surface area (Å²) in [6, 6.07) is 0. The third-order valence-corrected chi connectivity index (χ3v) is 5.47. The maximum absolute atomic E-state index is 11.5. The minimum atomic E-state index is -1.04. The topological polar surface area (TPSA) is 49.4 Å². The van der Waals surface area contributed by atoms with E-state index in [0.717, 1.165) is 32.1 Å². The summed E-state index contributed by atoms with van der Waals surface area (Å²) in [6.45, 7) is 5.65. The molecule has 0 radical (unpaired) electrons. The first kappa shape index (κ1) is 29.1. The minimum absolute atomic E-state index is 0.0802. The van der Waals surface area contributed by atoms with Crippen molar-refractivity contribution in [3.63, 3.8) is 0 Å². The summed E-state index contributed by atoms with van der Waals surface area (Å²) < 4.78 is 6.85. The lowest BCUT2D eigenvalue weighted by molar-refractivity contribution is -0.876. The van der Waals surface area contributed by atoms with Crippen LogP contribution >= 0.6 is 0 Å². The van der Waals surface area contributed by atoms with Gasteiger partial charge in [0.15, 0.2) is 0 Å². The second kappa shape index (κ2) is 17.8. The first-order chi connectivity index (χ1) is 14.2. The van der Waals surface area contributed by atoms with Gasteiger partial charge in [0, 0.05) is 19.0 Å². The van der Waals surface area contributed by atoms with Crippen LogP contribution < -0.4 is 5.11 Å². The first-order valence-corrected chi connectivity index (χ1v) is 12.6. The first-order valence-electron chi connectivity index (χ1n) is 12.6. The standard InChI is InChI=1S/C26H51NO3/c1-6-8-10-11-12-13-14-15-16-17-18-19-21-26(23-25(28)29,24-27(3,4)5)30-22-20-9-7-2/h19,21H,6-18,20,22-24H2,1-5H3. The van der Waals surface area contributed by atoms with E-state index in [0.29, 0.717) is 17.6 Å². The number of rotatable bonds is 21. The Hall–Kier alpha value is -0.870. The van der Waals surface area contributed by atoms with Crippen LogP contribution in [0.1, 0.15) is 110 Å². The van der Waals surface area contributed by atoms with Crippen molar-refractivity contribution >= 4 is 5.97 Å². The quantitative estimate of drug-likeness (QED) is 0.136. The van der Waals surface area contributed by atoms with Gasteiger partial charge in [-0.1, -0.05) is 96.6 Å². The molecule has 4 heteroatoms. The van der Waals surface area contributed by atoms with Crippen molar-refractivity contribution in [2.45, 2.75) is 116 Å². The molecule has 4 nitrogen and oxygen atoms in total. The molecule has 0 amide bonds. The number of allylic oxidation sites excluding steroid dienone is 1. The molecule has 0 aliphatic carbocycles. The number of ether oxygens (including phenoxy) is 1. The van der Waals surface area contributed by atoms with Gasteiger partial charge in [-0.2, -0.15) is 0 Å². The number of quaternary nitrogens is 1. The van der Waals surface area contributed by atoms with Gasteiger partial charge in [-0.15, -0.1) is 0 Å².